The fourth-order valence-corrected chi connectivity index (χ4v) is 2.32. The highest BCUT2D eigenvalue weighted by molar-refractivity contribution is 5.82. The summed E-state index contributed by atoms with van der Waals surface area (Å²) in [6, 6.07) is 10.7. The fraction of sp³-hybridized carbons (Fsp3) is 0.421. The smallest absolute Gasteiger partial charge is 0.335 e. The number of hydrogen-bond acceptors (Lipinski definition) is 2. The van der Waals surface area contributed by atoms with Crippen molar-refractivity contribution in [2.75, 3.05) is 0 Å². The molecule has 1 rings (SSSR count). The van der Waals surface area contributed by atoms with Gasteiger partial charge in [-0.3, -0.25) is 0 Å². The van der Waals surface area contributed by atoms with Crippen molar-refractivity contribution in [2.45, 2.75) is 51.4 Å². The molecule has 0 heterocycles. The van der Waals surface area contributed by atoms with Crippen LogP contribution in [0.4, 0.5) is 0 Å². The van der Waals surface area contributed by atoms with Crippen LogP contribution in [-0.4, -0.2) is 5.97 Å². The standard InChI is InChI=1S/C19H26O2/c1-3-21-19(20)16-12-7-5-4-6-9-13-17(2)18-14-10-8-11-15-18/h3,8,10-12,14-17H,1,4-7,9,13H2,2H3. The van der Waals surface area contributed by atoms with Crippen molar-refractivity contribution < 1.29 is 9.53 Å². The second-order valence-corrected chi connectivity index (χ2v) is 5.31. The second-order valence-electron chi connectivity index (χ2n) is 5.31. The van der Waals surface area contributed by atoms with Crippen LogP contribution in [-0.2, 0) is 9.53 Å². The van der Waals surface area contributed by atoms with Gasteiger partial charge in [-0.25, -0.2) is 4.79 Å². The third-order valence-corrected chi connectivity index (χ3v) is 3.58. The van der Waals surface area contributed by atoms with Gasteiger partial charge < -0.3 is 4.74 Å². The minimum absolute atomic E-state index is 0.346. The van der Waals surface area contributed by atoms with Crippen molar-refractivity contribution in [3.05, 3.63) is 60.9 Å². The highest BCUT2D eigenvalue weighted by atomic mass is 16.5. The zero-order valence-corrected chi connectivity index (χ0v) is 13.0. The number of allylic oxidation sites excluding steroid dienone is 1. The van der Waals surface area contributed by atoms with Crippen molar-refractivity contribution in [1.29, 1.82) is 0 Å². The molecule has 1 atom stereocenters. The van der Waals surface area contributed by atoms with Gasteiger partial charge in [0, 0.05) is 6.08 Å². The SMILES string of the molecule is C=COC(=O)C=CCCCCCCC(C)c1ccccc1. The lowest BCUT2D eigenvalue weighted by Gasteiger charge is -2.11. The summed E-state index contributed by atoms with van der Waals surface area (Å²) < 4.78 is 4.59. The van der Waals surface area contributed by atoms with Gasteiger partial charge in [0.05, 0.1) is 6.26 Å². The Kier molecular flexibility index (Phi) is 8.94. The van der Waals surface area contributed by atoms with E-state index in [4.69, 9.17) is 0 Å². The molecule has 0 saturated carbocycles. The van der Waals surface area contributed by atoms with Crippen molar-refractivity contribution in [3.8, 4) is 0 Å². The molecule has 1 unspecified atom stereocenters. The third-order valence-electron chi connectivity index (χ3n) is 3.58. The molecule has 0 fully saturated rings. The number of rotatable bonds is 10. The fourth-order valence-electron chi connectivity index (χ4n) is 2.32. The van der Waals surface area contributed by atoms with Crippen LogP contribution in [0.5, 0.6) is 0 Å². The van der Waals surface area contributed by atoms with Gasteiger partial charge in [-0.1, -0.05) is 69.2 Å². The zero-order chi connectivity index (χ0) is 15.3. The Morgan fingerprint density at radius 2 is 1.90 bits per heavy atom. The van der Waals surface area contributed by atoms with E-state index in [0.29, 0.717) is 5.92 Å². The van der Waals surface area contributed by atoms with E-state index in [0.717, 1.165) is 19.1 Å². The summed E-state index contributed by atoms with van der Waals surface area (Å²) in [5, 5.41) is 0. The summed E-state index contributed by atoms with van der Waals surface area (Å²) >= 11 is 0. The molecule has 0 aliphatic heterocycles. The molecule has 0 amide bonds. The van der Waals surface area contributed by atoms with Gasteiger partial charge in [0.25, 0.3) is 0 Å². The molecule has 21 heavy (non-hydrogen) atoms. The Labute approximate surface area is 128 Å². The molecule has 0 spiro atoms. The van der Waals surface area contributed by atoms with Crippen LogP contribution in [0.15, 0.2) is 55.3 Å². The zero-order valence-electron chi connectivity index (χ0n) is 13.0. The Balaban J connectivity index is 2.02. The summed E-state index contributed by atoms with van der Waals surface area (Å²) in [6.45, 7) is 5.63. The monoisotopic (exact) mass is 286 g/mol. The number of hydrogen-bond donors (Lipinski definition) is 0. The molecule has 0 aliphatic rings. The summed E-state index contributed by atoms with van der Waals surface area (Å²) in [6.07, 6.45) is 11.5. The molecular weight excluding hydrogens is 260 g/mol. The quantitative estimate of drug-likeness (QED) is 0.250. The molecule has 0 bridgehead atoms. The lowest BCUT2D eigenvalue weighted by atomic mass is 9.95. The second kappa shape index (κ2) is 10.9. The Morgan fingerprint density at radius 3 is 2.62 bits per heavy atom. The Hall–Kier alpha value is -1.83. The van der Waals surface area contributed by atoms with Crippen LogP contribution in [0.1, 0.15) is 56.9 Å². The normalized spacial score (nSPS) is 12.2. The van der Waals surface area contributed by atoms with Crippen molar-refractivity contribution in [3.63, 3.8) is 0 Å². The van der Waals surface area contributed by atoms with Gasteiger partial charge in [-0.05, 0) is 30.7 Å². The summed E-state index contributed by atoms with van der Waals surface area (Å²) in [5.41, 5.74) is 1.43. The minimum Gasteiger partial charge on any atom is -0.432 e. The first-order valence-electron chi connectivity index (χ1n) is 7.77. The molecule has 1 aromatic rings. The number of carbonyl (C=O) groups excluding carboxylic acids is 1. The molecule has 0 N–H and O–H groups in total. The number of benzene rings is 1. The predicted molar refractivity (Wildman–Crippen MR) is 88.0 cm³/mol. The molecule has 0 aliphatic carbocycles. The van der Waals surface area contributed by atoms with Crippen LogP contribution in [0, 0.1) is 0 Å². The lowest BCUT2D eigenvalue weighted by Crippen LogP contribution is -1.93. The highest BCUT2D eigenvalue weighted by Gasteiger charge is 2.03. The molecular formula is C19H26O2. The van der Waals surface area contributed by atoms with E-state index in [1.165, 1.54) is 37.3 Å². The number of unbranched alkanes of at least 4 members (excludes halogenated alkanes) is 4. The van der Waals surface area contributed by atoms with E-state index in [9.17, 15) is 4.79 Å². The number of ether oxygens (including phenoxy) is 1. The maximum atomic E-state index is 11.0. The van der Waals surface area contributed by atoms with Crippen LogP contribution in [0.2, 0.25) is 0 Å². The van der Waals surface area contributed by atoms with E-state index in [2.05, 4.69) is 48.6 Å². The van der Waals surface area contributed by atoms with E-state index in [1.54, 1.807) is 0 Å². The van der Waals surface area contributed by atoms with Gasteiger partial charge in [-0.2, -0.15) is 0 Å². The topological polar surface area (TPSA) is 26.3 Å². The van der Waals surface area contributed by atoms with Crippen molar-refractivity contribution in [2.24, 2.45) is 0 Å². The van der Waals surface area contributed by atoms with E-state index in [1.807, 2.05) is 6.08 Å². The van der Waals surface area contributed by atoms with Crippen LogP contribution in [0.3, 0.4) is 0 Å². The van der Waals surface area contributed by atoms with Gasteiger partial charge in [0.1, 0.15) is 0 Å². The molecule has 0 radical (unpaired) electrons. The van der Waals surface area contributed by atoms with Crippen molar-refractivity contribution >= 4 is 5.97 Å². The molecule has 2 nitrogen and oxygen atoms in total. The first-order chi connectivity index (χ1) is 10.2. The van der Waals surface area contributed by atoms with Crippen LogP contribution in [0.25, 0.3) is 0 Å². The molecule has 114 valence electrons. The predicted octanol–water partition coefficient (Wildman–Crippen LogP) is 5.37. The first kappa shape index (κ1) is 17.2. The Morgan fingerprint density at radius 1 is 1.19 bits per heavy atom. The summed E-state index contributed by atoms with van der Waals surface area (Å²) in [4.78, 5) is 11.0. The first-order valence-corrected chi connectivity index (χ1v) is 7.77. The van der Waals surface area contributed by atoms with E-state index < -0.39 is 0 Å². The maximum Gasteiger partial charge on any atom is 0.335 e. The van der Waals surface area contributed by atoms with Gasteiger partial charge >= 0.3 is 5.97 Å². The lowest BCUT2D eigenvalue weighted by molar-refractivity contribution is -0.132. The van der Waals surface area contributed by atoms with Gasteiger partial charge in [-0.15, -0.1) is 0 Å². The third kappa shape index (κ3) is 8.13. The van der Waals surface area contributed by atoms with Crippen LogP contribution >= 0.6 is 0 Å². The summed E-state index contributed by atoms with van der Waals surface area (Å²) in [5.74, 6) is 0.293. The average Bonchev–Trinajstić information content (AvgIpc) is 2.51. The number of esters is 1. The number of carbonyl (C=O) groups is 1. The van der Waals surface area contributed by atoms with Crippen molar-refractivity contribution in [1.82, 2.24) is 0 Å². The maximum absolute atomic E-state index is 11.0. The van der Waals surface area contributed by atoms with E-state index >= 15 is 0 Å². The molecule has 1 aromatic carbocycles. The largest absolute Gasteiger partial charge is 0.432 e. The Bertz CT molecular complexity index is 434. The highest BCUT2D eigenvalue weighted by Crippen LogP contribution is 2.21. The molecule has 0 saturated heterocycles. The van der Waals surface area contributed by atoms with E-state index in [-0.39, 0.29) is 5.97 Å². The van der Waals surface area contributed by atoms with Gasteiger partial charge in [0.2, 0.25) is 0 Å². The minimum atomic E-state index is -0.346. The molecule has 2 heteroatoms. The van der Waals surface area contributed by atoms with Gasteiger partial charge in [0.15, 0.2) is 0 Å². The average molecular weight is 286 g/mol. The summed E-state index contributed by atoms with van der Waals surface area (Å²) in [7, 11) is 0. The molecule has 0 aromatic heterocycles. The van der Waals surface area contributed by atoms with Crippen LogP contribution < -0.4 is 0 Å².